The highest BCUT2D eigenvalue weighted by atomic mass is 16.6. The van der Waals surface area contributed by atoms with Gasteiger partial charge in [0.25, 0.3) is 0 Å². The maximum atomic E-state index is 12.2. The molecule has 1 fully saturated rings. The van der Waals surface area contributed by atoms with Crippen molar-refractivity contribution >= 4 is 11.9 Å². The van der Waals surface area contributed by atoms with Crippen molar-refractivity contribution in [3.05, 3.63) is 12.3 Å². The normalized spacial score (nSPS) is 37.8. The van der Waals surface area contributed by atoms with Gasteiger partial charge in [-0.05, 0) is 6.08 Å². The first-order valence-electron chi connectivity index (χ1n) is 6.08. The van der Waals surface area contributed by atoms with Crippen molar-refractivity contribution in [3.63, 3.8) is 0 Å². The molecule has 0 aromatic carbocycles. The average molecular weight is 269 g/mol. The number of nitrogens with zero attached hydrogens (tertiary/aromatic N) is 3. The van der Waals surface area contributed by atoms with E-state index < -0.39 is 31.1 Å². The molecule has 0 aromatic heterocycles. The Morgan fingerprint density at radius 1 is 1.42 bits per heavy atom. The van der Waals surface area contributed by atoms with Gasteiger partial charge in [-0.1, -0.05) is 0 Å². The van der Waals surface area contributed by atoms with E-state index in [2.05, 4.69) is 4.99 Å². The van der Waals surface area contributed by atoms with E-state index in [0.29, 0.717) is 18.9 Å². The van der Waals surface area contributed by atoms with Gasteiger partial charge in [-0.3, -0.25) is 14.8 Å². The summed E-state index contributed by atoms with van der Waals surface area (Å²) in [7, 11) is 0. The highest BCUT2D eigenvalue weighted by molar-refractivity contribution is 6.07. The van der Waals surface area contributed by atoms with Crippen LogP contribution in [0, 0.1) is 0 Å². The number of ether oxygens (including phenoxy) is 1. The Kier molecular flexibility index (Phi) is 3.02. The lowest BCUT2D eigenvalue weighted by molar-refractivity contribution is -0.0675. The maximum Gasteiger partial charge on any atom is 0.331 e. The summed E-state index contributed by atoms with van der Waals surface area (Å²) in [5.41, 5.74) is 0. The number of aliphatic imine (C=N–C) groups is 1. The topological polar surface area (TPSA) is 106 Å². The predicted molar refractivity (Wildman–Crippen MR) is 63.1 cm³/mol. The van der Waals surface area contributed by atoms with Crippen molar-refractivity contribution in [1.82, 2.24) is 9.80 Å². The zero-order valence-electron chi connectivity index (χ0n) is 10.1. The first-order chi connectivity index (χ1) is 9.13. The smallest absolute Gasteiger partial charge is 0.331 e. The number of hydrogen-bond donors (Lipinski definition) is 3. The number of amidine groups is 1. The van der Waals surface area contributed by atoms with Crippen molar-refractivity contribution < 1.29 is 24.9 Å². The van der Waals surface area contributed by atoms with Crippen molar-refractivity contribution in [2.75, 3.05) is 19.7 Å². The molecule has 2 amide bonds. The van der Waals surface area contributed by atoms with Crippen LogP contribution in [0.2, 0.25) is 0 Å². The summed E-state index contributed by atoms with van der Waals surface area (Å²) in [4.78, 5) is 19.1. The molecule has 0 aliphatic carbocycles. The number of aliphatic hydroxyl groups excluding tert-OH is 3. The fourth-order valence-electron chi connectivity index (χ4n) is 2.45. The van der Waals surface area contributed by atoms with Crippen LogP contribution in [0.1, 0.15) is 0 Å². The Hall–Kier alpha value is -1.48. The van der Waals surface area contributed by atoms with Crippen molar-refractivity contribution in [2.45, 2.75) is 24.5 Å². The van der Waals surface area contributed by atoms with Gasteiger partial charge in [0.15, 0.2) is 6.23 Å². The van der Waals surface area contributed by atoms with Crippen LogP contribution in [-0.2, 0) is 4.74 Å². The van der Waals surface area contributed by atoms with Crippen LogP contribution >= 0.6 is 0 Å². The summed E-state index contributed by atoms with van der Waals surface area (Å²) >= 11 is 0. The minimum Gasteiger partial charge on any atom is -0.394 e. The van der Waals surface area contributed by atoms with Crippen LogP contribution < -0.4 is 0 Å². The second-order valence-corrected chi connectivity index (χ2v) is 4.63. The Labute approximate surface area is 109 Å². The standard InChI is InChI=1S/C11H15N3O5/c15-5-6-8(16)9(17)10(19-6)14-3-1-7-12-2-4-13(7)11(14)18/h1,3,6,8-10,15-17H,2,4-5H2/t6-,8-,9-,10-/m1/s1. The van der Waals surface area contributed by atoms with Crippen LogP contribution in [0.25, 0.3) is 0 Å². The van der Waals surface area contributed by atoms with E-state index in [1.807, 2.05) is 0 Å². The number of carbonyl (C=O) groups excluding carboxylic acids is 1. The largest absolute Gasteiger partial charge is 0.394 e. The third kappa shape index (κ3) is 1.84. The Bertz CT molecular complexity index is 452. The summed E-state index contributed by atoms with van der Waals surface area (Å²) in [6, 6.07) is -0.353. The molecule has 3 aliphatic heterocycles. The molecular formula is C11H15N3O5. The number of amides is 2. The highest BCUT2D eigenvalue weighted by Gasteiger charge is 2.48. The second-order valence-electron chi connectivity index (χ2n) is 4.63. The third-order valence-electron chi connectivity index (χ3n) is 3.50. The van der Waals surface area contributed by atoms with E-state index in [9.17, 15) is 15.0 Å². The number of aliphatic hydroxyl groups is 3. The van der Waals surface area contributed by atoms with Gasteiger partial charge in [-0.25, -0.2) is 4.79 Å². The number of carbonyl (C=O) groups is 1. The number of hydrogen-bond acceptors (Lipinski definition) is 6. The Balaban J connectivity index is 1.82. The molecule has 0 unspecified atom stereocenters. The second kappa shape index (κ2) is 4.57. The predicted octanol–water partition coefficient (Wildman–Crippen LogP) is -1.91. The zero-order chi connectivity index (χ0) is 13.6. The van der Waals surface area contributed by atoms with Gasteiger partial charge in [-0.2, -0.15) is 0 Å². The van der Waals surface area contributed by atoms with E-state index >= 15 is 0 Å². The lowest BCUT2D eigenvalue weighted by Crippen LogP contribution is -2.52. The molecule has 0 saturated carbocycles. The fraction of sp³-hybridized carbons (Fsp3) is 0.636. The van der Waals surface area contributed by atoms with Gasteiger partial charge in [0.05, 0.1) is 13.2 Å². The van der Waals surface area contributed by atoms with Crippen LogP contribution in [-0.4, -0.2) is 81.2 Å². The van der Waals surface area contributed by atoms with Gasteiger partial charge in [-0.15, -0.1) is 0 Å². The number of rotatable bonds is 2. The molecule has 0 aromatic rings. The van der Waals surface area contributed by atoms with Gasteiger partial charge < -0.3 is 20.1 Å². The molecule has 3 heterocycles. The average Bonchev–Trinajstić information content (AvgIpc) is 2.98. The van der Waals surface area contributed by atoms with E-state index in [1.54, 1.807) is 6.08 Å². The molecule has 8 heteroatoms. The quantitative estimate of drug-likeness (QED) is 0.542. The lowest BCUT2D eigenvalue weighted by Gasteiger charge is -2.33. The lowest BCUT2D eigenvalue weighted by atomic mass is 10.1. The van der Waals surface area contributed by atoms with Crippen molar-refractivity contribution in [2.24, 2.45) is 4.99 Å². The summed E-state index contributed by atoms with van der Waals surface area (Å²) in [5, 5.41) is 28.6. The molecule has 104 valence electrons. The summed E-state index contributed by atoms with van der Waals surface area (Å²) in [5.74, 6) is 0.591. The van der Waals surface area contributed by atoms with E-state index in [-0.39, 0.29) is 6.03 Å². The molecule has 3 aliphatic rings. The van der Waals surface area contributed by atoms with E-state index in [0.717, 1.165) is 0 Å². The fourth-order valence-corrected chi connectivity index (χ4v) is 2.45. The SMILES string of the molecule is O=C1N2CCN=C2C=CN1[C@@H]1O[C@H](CO)[C@@H](O)[C@H]1O. The molecular weight excluding hydrogens is 254 g/mol. The molecule has 8 nitrogen and oxygen atoms in total. The van der Waals surface area contributed by atoms with Gasteiger partial charge in [0, 0.05) is 12.7 Å². The highest BCUT2D eigenvalue weighted by Crippen LogP contribution is 2.27. The summed E-state index contributed by atoms with van der Waals surface area (Å²) < 4.78 is 5.33. The van der Waals surface area contributed by atoms with Crippen LogP contribution in [0.15, 0.2) is 17.3 Å². The number of urea groups is 1. The van der Waals surface area contributed by atoms with Crippen LogP contribution in [0.4, 0.5) is 4.79 Å². The van der Waals surface area contributed by atoms with Crippen molar-refractivity contribution in [3.8, 4) is 0 Å². The van der Waals surface area contributed by atoms with Gasteiger partial charge >= 0.3 is 6.03 Å². The summed E-state index contributed by atoms with van der Waals surface area (Å²) in [6.45, 7) is 0.621. The molecule has 3 rings (SSSR count). The zero-order valence-corrected chi connectivity index (χ0v) is 10.1. The van der Waals surface area contributed by atoms with Crippen LogP contribution in [0.5, 0.6) is 0 Å². The third-order valence-corrected chi connectivity index (χ3v) is 3.50. The minimum atomic E-state index is -1.26. The summed E-state index contributed by atoms with van der Waals surface area (Å²) in [6.07, 6.45) is -1.24. The van der Waals surface area contributed by atoms with Crippen LogP contribution in [0.3, 0.4) is 0 Å². The van der Waals surface area contributed by atoms with E-state index in [4.69, 9.17) is 9.84 Å². The van der Waals surface area contributed by atoms with Gasteiger partial charge in [0.2, 0.25) is 0 Å². The molecule has 0 bridgehead atoms. The maximum absolute atomic E-state index is 12.2. The number of fused-ring (bicyclic) bond motifs is 1. The molecule has 0 spiro atoms. The van der Waals surface area contributed by atoms with Gasteiger partial charge in [0.1, 0.15) is 24.1 Å². The van der Waals surface area contributed by atoms with Crippen molar-refractivity contribution in [1.29, 1.82) is 0 Å². The molecule has 3 N–H and O–H groups in total. The Morgan fingerprint density at radius 3 is 2.89 bits per heavy atom. The molecule has 19 heavy (non-hydrogen) atoms. The molecule has 1 saturated heterocycles. The molecule has 0 radical (unpaired) electrons. The Morgan fingerprint density at radius 2 is 2.21 bits per heavy atom. The monoisotopic (exact) mass is 269 g/mol. The first-order valence-corrected chi connectivity index (χ1v) is 6.08. The van der Waals surface area contributed by atoms with E-state index in [1.165, 1.54) is 16.0 Å². The first kappa shape index (κ1) is 12.5. The minimum absolute atomic E-state index is 0.353. The molecule has 4 atom stereocenters.